The number of rotatable bonds is 5. The topological polar surface area (TPSA) is 93.4 Å². The SMILES string of the molecule is COc1nc(N)ncc1C(=O)NC1CC2CCC(C1)N2Cc1ccc(Br)cc1.Cl. The molecule has 4 rings (SSSR count). The smallest absolute Gasteiger partial charge is 0.258 e. The van der Waals surface area contributed by atoms with Crippen LogP contribution in [0, 0.1) is 0 Å². The van der Waals surface area contributed by atoms with Crippen molar-refractivity contribution in [3.63, 3.8) is 0 Å². The van der Waals surface area contributed by atoms with Crippen LogP contribution in [0.5, 0.6) is 5.88 Å². The Morgan fingerprint density at radius 3 is 2.55 bits per heavy atom. The fraction of sp³-hybridized carbons (Fsp3) is 0.450. The highest BCUT2D eigenvalue weighted by Gasteiger charge is 2.41. The number of piperidine rings is 1. The number of benzene rings is 1. The number of nitrogens with two attached hydrogens (primary N) is 1. The van der Waals surface area contributed by atoms with Gasteiger partial charge in [0.15, 0.2) is 0 Å². The molecule has 156 valence electrons. The quantitative estimate of drug-likeness (QED) is 0.680. The highest BCUT2D eigenvalue weighted by atomic mass is 79.9. The number of fused-ring (bicyclic) bond motifs is 2. The molecule has 29 heavy (non-hydrogen) atoms. The van der Waals surface area contributed by atoms with Crippen LogP contribution in [0.25, 0.3) is 0 Å². The number of halogens is 2. The van der Waals surface area contributed by atoms with E-state index in [2.05, 4.69) is 60.4 Å². The highest BCUT2D eigenvalue weighted by molar-refractivity contribution is 9.10. The molecule has 0 radical (unpaired) electrons. The summed E-state index contributed by atoms with van der Waals surface area (Å²) in [6.07, 6.45) is 5.70. The molecule has 0 saturated carbocycles. The zero-order chi connectivity index (χ0) is 19.7. The maximum Gasteiger partial charge on any atom is 0.258 e. The number of hydrogen-bond acceptors (Lipinski definition) is 6. The third-order valence-electron chi connectivity index (χ3n) is 5.71. The first-order valence-corrected chi connectivity index (χ1v) is 10.3. The summed E-state index contributed by atoms with van der Waals surface area (Å²) in [7, 11) is 1.47. The lowest BCUT2D eigenvalue weighted by atomic mass is 9.96. The maximum absolute atomic E-state index is 12.7. The molecule has 2 aromatic rings. The Morgan fingerprint density at radius 1 is 1.28 bits per heavy atom. The molecule has 2 fully saturated rings. The number of nitrogens with one attached hydrogen (secondary N) is 1. The van der Waals surface area contributed by atoms with E-state index in [1.807, 2.05) is 0 Å². The van der Waals surface area contributed by atoms with Crippen LogP contribution in [-0.2, 0) is 6.54 Å². The minimum absolute atomic E-state index is 0. The van der Waals surface area contributed by atoms with E-state index in [-0.39, 0.29) is 36.2 Å². The predicted octanol–water partition coefficient (Wildman–Crippen LogP) is 3.18. The largest absolute Gasteiger partial charge is 0.480 e. The molecule has 9 heteroatoms. The Bertz CT molecular complexity index is 852. The molecule has 2 aliphatic heterocycles. The van der Waals surface area contributed by atoms with Gasteiger partial charge in [0.2, 0.25) is 11.8 Å². The molecule has 0 spiro atoms. The Hall–Kier alpha value is -1.90. The standard InChI is InChI=1S/C20H24BrN5O2.ClH/c1-28-19-17(10-23-20(22)25-19)18(27)24-14-8-15-6-7-16(9-14)26(15)11-12-2-4-13(21)5-3-12;/h2-5,10,14-16H,6-9,11H2,1H3,(H,24,27)(H2,22,23,25);1H. The van der Waals surface area contributed by atoms with Crippen molar-refractivity contribution in [2.75, 3.05) is 12.8 Å². The molecule has 1 amide bonds. The molecular formula is C20H25BrClN5O2. The van der Waals surface area contributed by atoms with Gasteiger partial charge < -0.3 is 15.8 Å². The fourth-order valence-electron chi connectivity index (χ4n) is 4.40. The van der Waals surface area contributed by atoms with Crippen molar-refractivity contribution in [1.82, 2.24) is 20.2 Å². The summed E-state index contributed by atoms with van der Waals surface area (Å²) in [5.41, 5.74) is 7.22. The summed E-state index contributed by atoms with van der Waals surface area (Å²) in [6.45, 7) is 0.961. The Morgan fingerprint density at radius 2 is 1.93 bits per heavy atom. The Balaban J connectivity index is 0.00000240. The molecule has 7 nitrogen and oxygen atoms in total. The molecular weight excluding hydrogens is 458 g/mol. The lowest BCUT2D eigenvalue weighted by Crippen LogP contribution is -2.50. The lowest BCUT2D eigenvalue weighted by Gasteiger charge is -2.39. The van der Waals surface area contributed by atoms with Crippen LogP contribution in [0.3, 0.4) is 0 Å². The highest BCUT2D eigenvalue weighted by Crippen LogP contribution is 2.37. The molecule has 1 aromatic carbocycles. The second kappa shape index (κ2) is 9.28. The summed E-state index contributed by atoms with van der Waals surface area (Å²) in [5, 5.41) is 3.15. The van der Waals surface area contributed by atoms with Gasteiger partial charge in [0.05, 0.1) is 7.11 Å². The van der Waals surface area contributed by atoms with Gasteiger partial charge in [-0.15, -0.1) is 12.4 Å². The van der Waals surface area contributed by atoms with Gasteiger partial charge >= 0.3 is 0 Å². The van der Waals surface area contributed by atoms with Crippen LogP contribution in [0.15, 0.2) is 34.9 Å². The first-order valence-electron chi connectivity index (χ1n) is 9.51. The fourth-order valence-corrected chi connectivity index (χ4v) is 4.67. The molecule has 2 aliphatic rings. The number of aromatic nitrogens is 2. The number of ether oxygens (including phenoxy) is 1. The van der Waals surface area contributed by atoms with E-state index < -0.39 is 0 Å². The molecule has 2 atom stereocenters. The normalized spacial score (nSPS) is 23.3. The van der Waals surface area contributed by atoms with Gasteiger partial charge in [-0.3, -0.25) is 9.69 Å². The van der Waals surface area contributed by atoms with Crippen molar-refractivity contribution in [3.05, 3.63) is 46.1 Å². The number of carbonyl (C=O) groups excluding carboxylic acids is 1. The van der Waals surface area contributed by atoms with E-state index in [1.54, 1.807) is 0 Å². The van der Waals surface area contributed by atoms with Crippen LogP contribution >= 0.6 is 28.3 Å². The minimum atomic E-state index is -0.206. The van der Waals surface area contributed by atoms with Crippen LogP contribution < -0.4 is 15.8 Å². The van der Waals surface area contributed by atoms with Crippen molar-refractivity contribution in [1.29, 1.82) is 0 Å². The van der Waals surface area contributed by atoms with Crippen LogP contribution in [0.4, 0.5) is 5.95 Å². The van der Waals surface area contributed by atoms with E-state index in [0.717, 1.165) is 23.9 Å². The molecule has 3 N–H and O–H groups in total. The molecule has 1 aromatic heterocycles. The number of nitrogens with zero attached hydrogens (tertiary/aromatic N) is 3. The predicted molar refractivity (Wildman–Crippen MR) is 117 cm³/mol. The number of methoxy groups -OCH3 is 1. The summed E-state index contributed by atoms with van der Waals surface area (Å²) < 4.78 is 6.28. The van der Waals surface area contributed by atoms with Gasteiger partial charge in [0.25, 0.3) is 5.91 Å². The first kappa shape index (κ1) is 21.8. The number of amides is 1. The first-order chi connectivity index (χ1) is 13.5. The zero-order valence-corrected chi connectivity index (χ0v) is 18.6. The number of anilines is 1. The number of nitrogen functional groups attached to an aromatic ring is 1. The summed E-state index contributed by atoms with van der Waals surface area (Å²) in [5.74, 6) is 0.0935. The van der Waals surface area contributed by atoms with Crippen LogP contribution in [-0.4, -0.2) is 46.0 Å². The van der Waals surface area contributed by atoms with E-state index >= 15 is 0 Å². The maximum atomic E-state index is 12.7. The molecule has 2 unspecified atom stereocenters. The number of hydrogen-bond donors (Lipinski definition) is 2. The van der Waals surface area contributed by atoms with Crippen molar-refractivity contribution in [2.24, 2.45) is 0 Å². The lowest BCUT2D eigenvalue weighted by molar-refractivity contribution is 0.0824. The molecule has 0 aliphatic carbocycles. The van der Waals surface area contributed by atoms with Crippen LogP contribution in [0.2, 0.25) is 0 Å². The molecule has 2 bridgehead atoms. The van der Waals surface area contributed by atoms with Gasteiger partial charge in [-0.05, 0) is 43.4 Å². The average Bonchev–Trinajstić information content (AvgIpc) is 2.91. The van der Waals surface area contributed by atoms with Gasteiger partial charge in [-0.2, -0.15) is 4.98 Å². The Kier molecular flexibility index (Phi) is 6.97. The van der Waals surface area contributed by atoms with Gasteiger partial charge in [-0.1, -0.05) is 28.1 Å². The van der Waals surface area contributed by atoms with E-state index in [9.17, 15) is 4.79 Å². The van der Waals surface area contributed by atoms with Crippen molar-refractivity contribution >= 4 is 40.2 Å². The second-order valence-corrected chi connectivity index (χ2v) is 8.39. The number of carbonyl (C=O) groups is 1. The van der Waals surface area contributed by atoms with E-state index in [1.165, 1.54) is 31.7 Å². The van der Waals surface area contributed by atoms with Crippen LogP contribution in [0.1, 0.15) is 41.6 Å². The summed E-state index contributed by atoms with van der Waals surface area (Å²) in [4.78, 5) is 23.2. The minimum Gasteiger partial charge on any atom is -0.480 e. The van der Waals surface area contributed by atoms with Gasteiger partial charge in [0, 0.05) is 35.3 Å². The second-order valence-electron chi connectivity index (χ2n) is 7.48. The zero-order valence-electron chi connectivity index (χ0n) is 16.2. The monoisotopic (exact) mass is 481 g/mol. The molecule has 3 heterocycles. The molecule has 2 saturated heterocycles. The van der Waals surface area contributed by atoms with Gasteiger partial charge in [-0.25, -0.2) is 4.98 Å². The van der Waals surface area contributed by atoms with Gasteiger partial charge in [0.1, 0.15) is 5.56 Å². The van der Waals surface area contributed by atoms with E-state index in [4.69, 9.17) is 10.5 Å². The summed E-state index contributed by atoms with van der Waals surface area (Å²) >= 11 is 3.49. The van der Waals surface area contributed by atoms with Crippen molar-refractivity contribution in [3.8, 4) is 5.88 Å². The average molecular weight is 483 g/mol. The Labute approximate surface area is 185 Å². The van der Waals surface area contributed by atoms with E-state index in [0.29, 0.717) is 17.6 Å². The third-order valence-corrected chi connectivity index (χ3v) is 6.24. The summed E-state index contributed by atoms with van der Waals surface area (Å²) in [6, 6.07) is 9.66. The third kappa shape index (κ3) is 4.82. The van der Waals surface area contributed by atoms with Crippen molar-refractivity contribution < 1.29 is 9.53 Å². The van der Waals surface area contributed by atoms with Crippen molar-refractivity contribution in [2.45, 2.75) is 50.4 Å².